The van der Waals surface area contributed by atoms with Crippen LogP contribution in [0.15, 0.2) is 176 Å². The maximum Gasteiger partial charge on any atom is 0.0540 e. The molecule has 1 heteroatoms. The predicted molar refractivity (Wildman–Crippen MR) is 201 cm³/mol. The minimum atomic E-state index is 1.12. The lowest BCUT2D eigenvalue weighted by Crippen LogP contribution is -2.10. The normalized spacial score (nSPS) is 11.7. The monoisotopic (exact) mass is 597 g/mol. The number of fused-ring (bicyclic) bond motifs is 1. The van der Waals surface area contributed by atoms with Crippen LogP contribution in [0.1, 0.15) is 11.1 Å². The quantitative estimate of drug-likeness (QED) is 0.184. The minimum absolute atomic E-state index is 1.12. The van der Waals surface area contributed by atoms with E-state index in [1.165, 1.54) is 66.1 Å². The molecule has 9 rings (SSSR count). The molecule has 0 saturated heterocycles. The van der Waals surface area contributed by atoms with Crippen molar-refractivity contribution in [2.75, 3.05) is 4.90 Å². The third-order valence-electron chi connectivity index (χ3n) is 9.44. The van der Waals surface area contributed by atoms with Gasteiger partial charge in [-0.25, -0.2) is 0 Å². The highest BCUT2D eigenvalue weighted by Crippen LogP contribution is 2.45. The molecule has 0 saturated carbocycles. The minimum Gasteiger partial charge on any atom is -0.310 e. The predicted octanol–water partition coefficient (Wildman–Crippen LogP) is 12.9. The van der Waals surface area contributed by atoms with Crippen molar-refractivity contribution in [2.24, 2.45) is 0 Å². The van der Waals surface area contributed by atoms with Gasteiger partial charge >= 0.3 is 0 Å². The van der Waals surface area contributed by atoms with Crippen LogP contribution in [0.3, 0.4) is 0 Å². The van der Waals surface area contributed by atoms with E-state index in [2.05, 4.69) is 193 Å². The zero-order valence-corrected chi connectivity index (χ0v) is 25.8. The lowest BCUT2D eigenvalue weighted by molar-refractivity contribution is 1.30. The summed E-state index contributed by atoms with van der Waals surface area (Å²) in [5, 5.41) is 5.09. The van der Waals surface area contributed by atoms with Gasteiger partial charge in [0.2, 0.25) is 0 Å². The first-order valence-corrected chi connectivity index (χ1v) is 16.2. The van der Waals surface area contributed by atoms with E-state index >= 15 is 0 Å². The van der Waals surface area contributed by atoms with E-state index in [4.69, 9.17) is 0 Å². The van der Waals surface area contributed by atoms with Gasteiger partial charge in [-0.3, -0.25) is 0 Å². The van der Waals surface area contributed by atoms with E-state index < -0.39 is 0 Å². The lowest BCUT2D eigenvalue weighted by atomic mass is 9.91. The second-order valence-corrected chi connectivity index (χ2v) is 12.1. The molecule has 0 unspecified atom stereocenters. The van der Waals surface area contributed by atoms with Crippen LogP contribution in [0.5, 0.6) is 0 Å². The molecule has 0 aliphatic heterocycles. The molecule has 0 N–H and O–H groups in total. The molecular formula is C46H31N. The number of hydrogen-bond acceptors (Lipinski definition) is 1. The molecule has 0 bridgehead atoms. The van der Waals surface area contributed by atoms with Gasteiger partial charge in [0.05, 0.1) is 5.69 Å². The second kappa shape index (κ2) is 11.3. The Hall–Kier alpha value is -6.18. The molecule has 1 aliphatic rings. The summed E-state index contributed by atoms with van der Waals surface area (Å²) in [5.41, 5.74) is 13.4. The molecule has 220 valence electrons. The van der Waals surface area contributed by atoms with Crippen molar-refractivity contribution < 1.29 is 0 Å². The van der Waals surface area contributed by atoms with Crippen LogP contribution in [0.4, 0.5) is 17.1 Å². The Balaban J connectivity index is 1.21. The Morgan fingerprint density at radius 3 is 1.53 bits per heavy atom. The Morgan fingerprint density at radius 2 is 0.894 bits per heavy atom. The van der Waals surface area contributed by atoms with Gasteiger partial charge in [-0.1, -0.05) is 158 Å². The summed E-state index contributed by atoms with van der Waals surface area (Å²) in [6, 6.07) is 63.6. The summed E-state index contributed by atoms with van der Waals surface area (Å²) in [6.07, 6.45) is 4.53. The van der Waals surface area contributed by atoms with Crippen LogP contribution in [0.25, 0.3) is 67.1 Å². The van der Waals surface area contributed by atoms with E-state index in [0.29, 0.717) is 0 Å². The summed E-state index contributed by atoms with van der Waals surface area (Å²) in [4.78, 5) is 2.40. The smallest absolute Gasteiger partial charge is 0.0540 e. The Kier molecular flexibility index (Phi) is 6.54. The first-order chi connectivity index (χ1) is 23.3. The van der Waals surface area contributed by atoms with Crippen LogP contribution >= 0.6 is 0 Å². The van der Waals surface area contributed by atoms with Crippen molar-refractivity contribution in [1.82, 2.24) is 0 Å². The van der Waals surface area contributed by atoms with Gasteiger partial charge in [0.1, 0.15) is 0 Å². The molecule has 8 aromatic carbocycles. The summed E-state index contributed by atoms with van der Waals surface area (Å²) in [7, 11) is 0. The van der Waals surface area contributed by atoms with Gasteiger partial charge < -0.3 is 4.90 Å². The van der Waals surface area contributed by atoms with E-state index in [0.717, 1.165) is 17.1 Å². The molecule has 1 aliphatic carbocycles. The number of benzene rings is 8. The molecular weight excluding hydrogens is 567 g/mol. The Bertz CT molecular complexity index is 2340. The van der Waals surface area contributed by atoms with Crippen LogP contribution < -0.4 is 4.90 Å². The van der Waals surface area contributed by atoms with Crippen LogP contribution in [-0.2, 0) is 0 Å². The first-order valence-electron chi connectivity index (χ1n) is 16.2. The molecule has 0 aromatic heterocycles. The maximum atomic E-state index is 2.40. The van der Waals surface area contributed by atoms with Gasteiger partial charge in [0, 0.05) is 16.8 Å². The Morgan fingerprint density at radius 1 is 0.340 bits per heavy atom. The van der Waals surface area contributed by atoms with Crippen LogP contribution in [-0.4, -0.2) is 0 Å². The van der Waals surface area contributed by atoms with Crippen LogP contribution in [0.2, 0.25) is 0 Å². The van der Waals surface area contributed by atoms with Gasteiger partial charge in [-0.2, -0.15) is 0 Å². The van der Waals surface area contributed by atoms with Crippen LogP contribution in [0, 0.1) is 0 Å². The standard InChI is InChI=1S/C46H31N/c1-3-10-32(11-4-1)34-18-24-38(25-19-34)47(39-26-20-35(21-27-39)33-12-5-2-6-13-33)45-31-30-41(40-16-7-8-17-43(40)45)42-28-22-36-14-9-15-37-23-29-44(42)46(36)37/h1-31H. The molecule has 1 nitrogen and oxygen atoms in total. The number of rotatable bonds is 6. The van der Waals surface area contributed by atoms with Crippen molar-refractivity contribution in [3.63, 3.8) is 0 Å². The highest BCUT2D eigenvalue weighted by molar-refractivity contribution is 6.13. The first kappa shape index (κ1) is 27.2. The Labute approximate surface area is 275 Å². The van der Waals surface area contributed by atoms with E-state index in [-0.39, 0.29) is 0 Å². The van der Waals surface area contributed by atoms with Crippen molar-refractivity contribution in [3.05, 3.63) is 187 Å². The van der Waals surface area contributed by atoms with E-state index in [9.17, 15) is 0 Å². The fourth-order valence-electron chi connectivity index (χ4n) is 7.16. The lowest BCUT2D eigenvalue weighted by Gasteiger charge is -2.28. The maximum absolute atomic E-state index is 2.40. The number of hydrogen-bond donors (Lipinski definition) is 0. The van der Waals surface area contributed by atoms with Crippen molar-refractivity contribution in [1.29, 1.82) is 0 Å². The third kappa shape index (κ3) is 4.72. The van der Waals surface area contributed by atoms with Gasteiger partial charge in [0.25, 0.3) is 0 Å². The fourth-order valence-corrected chi connectivity index (χ4v) is 7.16. The number of nitrogens with zero attached hydrogens (tertiary/aromatic N) is 1. The average molecular weight is 598 g/mol. The molecule has 8 aromatic rings. The zero-order chi connectivity index (χ0) is 31.2. The van der Waals surface area contributed by atoms with Crippen molar-refractivity contribution in [3.8, 4) is 33.4 Å². The molecule has 0 spiro atoms. The van der Waals surface area contributed by atoms with Gasteiger partial charge in [-0.15, -0.1) is 0 Å². The topological polar surface area (TPSA) is 3.24 Å². The summed E-state index contributed by atoms with van der Waals surface area (Å²) in [6.45, 7) is 0. The molecule has 0 amide bonds. The molecule has 47 heavy (non-hydrogen) atoms. The highest BCUT2D eigenvalue weighted by atomic mass is 15.1. The van der Waals surface area contributed by atoms with E-state index in [1.807, 2.05) is 0 Å². The largest absolute Gasteiger partial charge is 0.310 e. The fraction of sp³-hybridized carbons (Fsp3) is 0. The molecule has 0 fully saturated rings. The van der Waals surface area contributed by atoms with Crippen molar-refractivity contribution >= 4 is 50.8 Å². The molecule has 0 radical (unpaired) electrons. The zero-order valence-electron chi connectivity index (χ0n) is 25.8. The summed E-state index contributed by atoms with van der Waals surface area (Å²) in [5.74, 6) is 0. The highest BCUT2D eigenvalue weighted by Gasteiger charge is 2.20. The second-order valence-electron chi connectivity index (χ2n) is 12.1. The van der Waals surface area contributed by atoms with E-state index in [1.54, 1.807) is 0 Å². The summed E-state index contributed by atoms with van der Waals surface area (Å²) >= 11 is 0. The molecule has 0 heterocycles. The molecule has 0 atom stereocenters. The van der Waals surface area contributed by atoms with Crippen molar-refractivity contribution in [2.45, 2.75) is 0 Å². The third-order valence-corrected chi connectivity index (χ3v) is 9.44. The SMILES string of the molecule is C1=Cc2c(-c3ccc(N(c4ccc(-c5ccccc5)cc4)c4ccc(-c5ccccc5)cc4)c4ccccc34)ccc3cccc1c23. The number of anilines is 3. The average Bonchev–Trinajstić information content (AvgIpc) is 3.59. The van der Waals surface area contributed by atoms with Gasteiger partial charge in [-0.05, 0) is 91.0 Å². The summed E-state index contributed by atoms with van der Waals surface area (Å²) < 4.78 is 0. The van der Waals surface area contributed by atoms with Gasteiger partial charge in [0.15, 0.2) is 0 Å².